The Kier molecular flexibility index (Phi) is 8.74. The quantitative estimate of drug-likeness (QED) is 0.721. The summed E-state index contributed by atoms with van der Waals surface area (Å²) in [7, 11) is 0. The summed E-state index contributed by atoms with van der Waals surface area (Å²) in [6, 6.07) is 0.843. The molecule has 1 fully saturated rings. The van der Waals surface area contributed by atoms with Gasteiger partial charge < -0.3 is 10.6 Å². The number of hydrogen-bond donors (Lipinski definition) is 2. The van der Waals surface area contributed by atoms with Crippen molar-refractivity contribution in [1.29, 1.82) is 0 Å². The summed E-state index contributed by atoms with van der Waals surface area (Å²) in [6.07, 6.45) is 7.22. The van der Waals surface area contributed by atoms with Crippen molar-refractivity contribution in [3.63, 3.8) is 0 Å². The van der Waals surface area contributed by atoms with E-state index in [9.17, 15) is 4.79 Å². The number of carbonyl (C=O) groups is 1. The number of nitrogens with one attached hydrogen (secondary N) is 2. The van der Waals surface area contributed by atoms with Gasteiger partial charge in [-0.3, -0.25) is 4.90 Å². The molecular weight excluding hydrogens is 262 g/mol. The van der Waals surface area contributed by atoms with Gasteiger partial charge in [-0.2, -0.15) is 0 Å². The van der Waals surface area contributed by atoms with Gasteiger partial charge in [-0.15, -0.1) is 0 Å². The topological polar surface area (TPSA) is 44.4 Å². The third-order valence-electron chi connectivity index (χ3n) is 4.51. The normalized spacial score (nSPS) is 18.0. The van der Waals surface area contributed by atoms with E-state index in [1.54, 1.807) is 0 Å². The first-order chi connectivity index (χ1) is 10.1. The SMILES string of the molecule is CCN(CC)C(CNC(=O)NC1CCCCC1)CC(C)C. The van der Waals surface area contributed by atoms with Crippen LogP contribution in [0.5, 0.6) is 0 Å². The van der Waals surface area contributed by atoms with Crippen molar-refractivity contribution in [3.8, 4) is 0 Å². The molecule has 4 heteroatoms. The molecule has 1 unspecified atom stereocenters. The van der Waals surface area contributed by atoms with E-state index in [4.69, 9.17) is 0 Å². The highest BCUT2D eigenvalue weighted by molar-refractivity contribution is 5.74. The molecule has 1 atom stereocenters. The molecule has 1 saturated carbocycles. The molecule has 0 aromatic carbocycles. The maximum atomic E-state index is 12.1. The molecule has 1 aliphatic rings. The van der Waals surface area contributed by atoms with Gasteiger partial charge in [0.2, 0.25) is 0 Å². The summed E-state index contributed by atoms with van der Waals surface area (Å²) in [4.78, 5) is 14.5. The molecule has 0 bridgehead atoms. The van der Waals surface area contributed by atoms with Gasteiger partial charge >= 0.3 is 6.03 Å². The van der Waals surface area contributed by atoms with Gasteiger partial charge in [-0.1, -0.05) is 47.0 Å². The van der Waals surface area contributed by atoms with Gasteiger partial charge in [0, 0.05) is 18.6 Å². The maximum Gasteiger partial charge on any atom is 0.315 e. The minimum atomic E-state index is 0.0165. The molecule has 0 radical (unpaired) electrons. The lowest BCUT2D eigenvalue weighted by atomic mass is 9.96. The molecular formula is C17H35N3O. The molecule has 21 heavy (non-hydrogen) atoms. The van der Waals surface area contributed by atoms with Crippen molar-refractivity contribution in [2.24, 2.45) is 5.92 Å². The van der Waals surface area contributed by atoms with Crippen LogP contribution in [0, 0.1) is 5.92 Å². The van der Waals surface area contributed by atoms with Crippen LogP contribution in [0.4, 0.5) is 4.79 Å². The van der Waals surface area contributed by atoms with Crippen LogP contribution in [0.15, 0.2) is 0 Å². The highest BCUT2D eigenvalue weighted by atomic mass is 16.2. The molecule has 0 aromatic rings. The minimum absolute atomic E-state index is 0.0165. The van der Waals surface area contributed by atoms with E-state index in [1.165, 1.54) is 19.3 Å². The number of hydrogen-bond acceptors (Lipinski definition) is 2. The molecule has 2 amide bonds. The Morgan fingerprint density at radius 1 is 1.14 bits per heavy atom. The summed E-state index contributed by atoms with van der Waals surface area (Å²) in [5.74, 6) is 0.652. The lowest BCUT2D eigenvalue weighted by Gasteiger charge is -2.31. The Labute approximate surface area is 131 Å². The van der Waals surface area contributed by atoms with Gasteiger partial charge in [0.15, 0.2) is 0 Å². The van der Waals surface area contributed by atoms with Gasteiger partial charge in [-0.25, -0.2) is 4.79 Å². The summed E-state index contributed by atoms with van der Waals surface area (Å²) in [5, 5.41) is 6.23. The van der Waals surface area contributed by atoms with Crippen LogP contribution in [0.1, 0.15) is 66.2 Å². The van der Waals surface area contributed by atoms with E-state index >= 15 is 0 Å². The fraction of sp³-hybridized carbons (Fsp3) is 0.941. The maximum absolute atomic E-state index is 12.1. The van der Waals surface area contributed by atoms with E-state index < -0.39 is 0 Å². The van der Waals surface area contributed by atoms with Crippen LogP contribution in [0.3, 0.4) is 0 Å². The number of carbonyl (C=O) groups excluding carboxylic acids is 1. The predicted octanol–water partition coefficient (Wildman–Crippen LogP) is 3.37. The van der Waals surface area contributed by atoms with E-state index in [0.717, 1.165) is 38.9 Å². The van der Waals surface area contributed by atoms with Crippen LogP contribution >= 0.6 is 0 Å². The number of urea groups is 1. The van der Waals surface area contributed by atoms with E-state index in [2.05, 4.69) is 43.2 Å². The highest BCUT2D eigenvalue weighted by Crippen LogP contribution is 2.17. The van der Waals surface area contributed by atoms with E-state index in [0.29, 0.717) is 18.0 Å². The first-order valence-electron chi connectivity index (χ1n) is 8.85. The number of rotatable bonds is 8. The van der Waals surface area contributed by atoms with E-state index in [1.807, 2.05) is 0 Å². The van der Waals surface area contributed by atoms with Gasteiger partial charge in [-0.05, 0) is 38.3 Å². The van der Waals surface area contributed by atoms with Crippen molar-refractivity contribution >= 4 is 6.03 Å². The average molecular weight is 297 g/mol. The van der Waals surface area contributed by atoms with Crippen molar-refractivity contribution < 1.29 is 4.79 Å². The predicted molar refractivity (Wildman–Crippen MR) is 89.6 cm³/mol. The average Bonchev–Trinajstić information content (AvgIpc) is 2.46. The molecule has 0 aliphatic heterocycles. The van der Waals surface area contributed by atoms with Crippen LogP contribution in [0.25, 0.3) is 0 Å². The van der Waals surface area contributed by atoms with Gasteiger partial charge in [0.1, 0.15) is 0 Å². The molecule has 0 heterocycles. The monoisotopic (exact) mass is 297 g/mol. The largest absolute Gasteiger partial charge is 0.337 e. The summed E-state index contributed by atoms with van der Waals surface area (Å²) in [6.45, 7) is 11.7. The fourth-order valence-corrected chi connectivity index (χ4v) is 3.34. The molecule has 0 saturated heterocycles. The zero-order valence-electron chi connectivity index (χ0n) is 14.5. The molecule has 2 N–H and O–H groups in total. The smallest absolute Gasteiger partial charge is 0.315 e. The van der Waals surface area contributed by atoms with Gasteiger partial charge in [0.05, 0.1) is 0 Å². The summed E-state index contributed by atoms with van der Waals surface area (Å²) >= 11 is 0. The second-order valence-electron chi connectivity index (χ2n) is 6.69. The second-order valence-corrected chi connectivity index (χ2v) is 6.69. The Balaban J connectivity index is 2.37. The molecule has 4 nitrogen and oxygen atoms in total. The fourth-order valence-electron chi connectivity index (χ4n) is 3.34. The zero-order valence-corrected chi connectivity index (χ0v) is 14.5. The van der Waals surface area contributed by atoms with Crippen molar-refractivity contribution in [3.05, 3.63) is 0 Å². The lowest BCUT2D eigenvalue weighted by Crippen LogP contribution is -2.49. The van der Waals surface area contributed by atoms with E-state index in [-0.39, 0.29) is 6.03 Å². The lowest BCUT2D eigenvalue weighted by molar-refractivity contribution is 0.182. The third kappa shape index (κ3) is 7.16. The standard InChI is InChI=1S/C17H35N3O/c1-5-20(6-2)16(12-14(3)4)13-18-17(21)19-15-10-8-7-9-11-15/h14-16H,5-13H2,1-4H3,(H2,18,19,21). The molecule has 0 aromatic heterocycles. The molecule has 0 spiro atoms. The highest BCUT2D eigenvalue weighted by Gasteiger charge is 2.19. The number of amides is 2. The van der Waals surface area contributed by atoms with Crippen LogP contribution < -0.4 is 10.6 Å². The number of likely N-dealkylation sites (N-methyl/N-ethyl adjacent to an activating group) is 1. The van der Waals surface area contributed by atoms with Crippen molar-refractivity contribution in [2.45, 2.75) is 78.3 Å². The van der Waals surface area contributed by atoms with Crippen molar-refractivity contribution in [2.75, 3.05) is 19.6 Å². The molecule has 1 aliphatic carbocycles. The Morgan fingerprint density at radius 3 is 2.29 bits per heavy atom. The molecule has 124 valence electrons. The Bertz CT molecular complexity index is 284. The number of nitrogens with zero attached hydrogens (tertiary/aromatic N) is 1. The Hall–Kier alpha value is -0.770. The summed E-state index contributed by atoms with van der Waals surface area (Å²) < 4.78 is 0. The second kappa shape index (κ2) is 10.0. The zero-order chi connectivity index (χ0) is 15.7. The van der Waals surface area contributed by atoms with Crippen LogP contribution in [-0.2, 0) is 0 Å². The van der Waals surface area contributed by atoms with Crippen LogP contribution in [0.2, 0.25) is 0 Å². The van der Waals surface area contributed by atoms with Gasteiger partial charge in [0.25, 0.3) is 0 Å². The third-order valence-corrected chi connectivity index (χ3v) is 4.51. The first kappa shape index (κ1) is 18.3. The minimum Gasteiger partial charge on any atom is -0.337 e. The van der Waals surface area contributed by atoms with Crippen LogP contribution in [-0.4, -0.2) is 42.6 Å². The summed E-state index contributed by atoms with van der Waals surface area (Å²) in [5.41, 5.74) is 0. The first-order valence-corrected chi connectivity index (χ1v) is 8.85. The Morgan fingerprint density at radius 2 is 1.76 bits per heavy atom. The molecule has 1 rings (SSSR count). The van der Waals surface area contributed by atoms with Crippen molar-refractivity contribution in [1.82, 2.24) is 15.5 Å².